The predicted molar refractivity (Wildman–Crippen MR) is 102 cm³/mol. The fourth-order valence-corrected chi connectivity index (χ4v) is 3.36. The summed E-state index contributed by atoms with van der Waals surface area (Å²) in [4.78, 5) is 23.5. The van der Waals surface area contributed by atoms with Crippen LogP contribution in [0.1, 0.15) is 11.1 Å². The van der Waals surface area contributed by atoms with Gasteiger partial charge in [0.25, 0.3) is 5.91 Å². The molecule has 0 saturated carbocycles. The van der Waals surface area contributed by atoms with E-state index in [2.05, 4.69) is 10.0 Å². The standard InChI is InChI=1S/C18H18ClFN2O5S/c1-11-3-5-14(7-12(11)2)28(25,26)21-9-18(24)27-10-17(23)22-16-6-4-13(20)8-15(16)19/h3-8,21H,9-10H2,1-2H3,(H,22,23). The molecule has 0 aromatic heterocycles. The lowest BCUT2D eigenvalue weighted by molar-refractivity contribution is -0.146. The van der Waals surface area contributed by atoms with E-state index in [1.165, 1.54) is 18.2 Å². The zero-order chi connectivity index (χ0) is 20.9. The summed E-state index contributed by atoms with van der Waals surface area (Å²) in [7, 11) is -3.90. The summed E-state index contributed by atoms with van der Waals surface area (Å²) >= 11 is 5.78. The van der Waals surface area contributed by atoms with Crippen molar-refractivity contribution < 1.29 is 27.1 Å². The molecule has 0 spiro atoms. The van der Waals surface area contributed by atoms with E-state index in [1.807, 2.05) is 6.92 Å². The number of amides is 1. The molecular weight excluding hydrogens is 411 g/mol. The van der Waals surface area contributed by atoms with Gasteiger partial charge in [-0.1, -0.05) is 17.7 Å². The molecule has 2 aromatic carbocycles. The Labute approximate surface area is 166 Å². The molecule has 0 bridgehead atoms. The molecular formula is C18H18ClFN2O5S. The van der Waals surface area contributed by atoms with Crippen LogP contribution in [0, 0.1) is 19.7 Å². The maximum absolute atomic E-state index is 13.0. The highest BCUT2D eigenvalue weighted by Gasteiger charge is 2.17. The van der Waals surface area contributed by atoms with E-state index in [9.17, 15) is 22.4 Å². The minimum absolute atomic E-state index is 0.0131. The van der Waals surface area contributed by atoms with Crippen LogP contribution >= 0.6 is 11.6 Å². The van der Waals surface area contributed by atoms with Crippen molar-refractivity contribution in [1.29, 1.82) is 0 Å². The zero-order valence-corrected chi connectivity index (χ0v) is 16.7. The van der Waals surface area contributed by atoms with Crippen LogP contribution in [0.2, 0.25) is 5.02 Å². The van der Waals surface area contributed by atoms with Gasteiger partial charge in [0.2, 0.25) is 10.0 Å². The molecule has 1 amide bonds. The van der Waals surface area contributed by atoms with Gasteiger partial charge in [-0.05, 0) is 55.3 Å². The number of benzene rings is 2. The van der Waals surface area contributed by atoms with Crippen LogP contribution in [0.5, 0.6) is 0 Å². The third-order valence-electron chi connectivity index (χ3n) is 3.76. The molecule has 28 heavy (non-hydrogen) atoms. The van der Waals surface area contributed by atoms with Gasteiger partial charge in [-0.15, -0.1) is 0 Å². The highest BCUT2D eigenvalue weighted by molar-refractivity contribution is 7.89. The van der Waals surface area contributed by atoms with Gasteiger partial charge in [0, 0.05) is 0 Å². The van der Waals surface area contributed by atoms with E-state index < -0.39 is 40.9 Å². The molecule has 0 aliphatic heterocycles. The van der Waals surface area contributed by atoms with Gasteiger partial charge in [-0.25, -0.2) is 12.8 Å². The minimum atomic E-state index is -3.90. The Bertz CT molecular complexity index is 1010. The normalized spacial score (nSPS) is 11.1. The molecule has 2 aromatic rings. The lowest BCUT2D eigenvalue weighted by atomic mass is 10.1. The summed E-state index contributed by atoms with van der Waals surface area (Å²) in [6.07, 6.45) is 0. The number of hydrogen-bond acceptors (Lipinski definition) is 5. The number of nitrogens with one attached hydrogen (secondary N) is 2. The minimum Gasteiger partial charge on any atom is -0.455 e. The second-order valence-electron chi connectivity index (χ2n) is 5.90. The van der Waals surface area contributed by atoms with Gasteiger partial charge in [-0.3, -0.25) is 9.59 Å². The fraction of sp³-hybridized carbons (Fsp3) is 0.222. The summed E-state index contributed by atoms with van der Waals surface area (Å²) in [5.41, 5.74) is 1.88. The number of anilines is 1. The number of halogens is 2. The van der Waals surface area contributed by atoms with Gasteiger partial charge in [-0.2, -0.15) is 4.72 Å². The Balaban J connectivity index is 1.84. The Morgan fingerprint density at radius 1 is 1.11 bits per heavy atom. The van der Waals surface area contributed by atoms with E-state index in [0.29, 0.717) is 0 Å². The van der Waals surface area contributed by atoms with Gasteiger partial charge in [0.05, 0.1) is 15.6 Å². The lowest BCUT2D eigenvalue weighted by Gasteiger charge is -2.10. The predicted octanol–water partition coefficient (Wildman–Crippen LogP) is 2.56. The smallest absolute Gasteiger partial charge is 0.321 e. The molecule has 2 N–H and O–H groups in total. The molecule has 150 valence electrons. The molecule has 0 atom stereocenters. The van der Waals surface area contributed by atoms with Crippen LogP contribution < -0.4 is 10.0 Å². The Morgan fingerprint density at radius 2 is 1.82 bits per heavy atom. The Kier molecular flexibility index (Phi) is 7.11. The molecule has 0 heterocycles. The van der Waals surface area contributed by atoms with Crippen molar-refractivity contribution >= 4 is 39.2 Å². The lowest BCUT2D eigenvalue weighted by Crippen LogP contribution is -2.32. The second-order valence-corrected chi connectivity index (χ2v) is 8.08. The SMILES string of the molecule is Cc1ccc(S(=O)(=O)NCC(=O)OCC(=O)Nc2ccc(F)cc2Cl)cc1C. The van der Waals surface area contributed by atoms with Crippen LogP contribution in [0.3, 0.4) is 0 Å². The van der Waals surface area contributed by atoms with Crippen molar-refractivity contribution in [2.24, 2.45) is 0 Å². The van der Waals surface area contributed by atoms with E-state index >= 15 is 0 Å². The number of ether oxygens (including phenoxy) is 1. The first kappa shape index (κ1) is 21.8. The van der Waals surface area contributed by atoms with Gasteiger partial charge in [0.15, 0.2) is 6.61 Å². The molecule has 7 nitrogen and oxygen atoms in total. The fourth-order valence-electron chi connectivity index (χ4n) is 2.09. The zero-order valence-electron chi connectivity index (χ0n) is 15.1. The maximum atomic E-state index is 13.0. The number of rotatable bonds is 7. The van der Waals surface area contributed by atoms with Crippen LogP contribution in [0.15, 0.2) is 41.3 Å². The molecule has 0 aliphatic rings. The molecule has 10 heteroatoms. The number of sulfonamides is 1. The number of carbonyl (C=O) groups is 2. The third-order valence-corrected chi connectivity index (χ3v) is 5.48. The van der Waals surface area contributed by atoms with Crippen LogP contribution in [0.25, 0.3) is 0 Å². The highest BCUT2D eigenvalue weighted by Crippen LogP contribution is 2.22. The Hall–Kier alpha value is -2.49. The molecule has 0 saturated heterocycles. The van der Waals surface area contributed by atoms with Crippen LogP contribution in [-0.4, -0.2) is 33.4 Å². The molecule has 0 aliphatic carbocycles. The average Bonchev–Trinajstić information content (AvgIpc) is 2.63. The number of aryl methyl sites for hydroxylation is 2. The third kappa shape index (κ3) is 6.01. The monoisotopic (exact) mass is 428 g/mol. The first-order valence-corrected chi connectivity index (χ1v) is 9.92. The first-order chi connectivity index (χ1) is 13.1. The van der Waals surface area contributed by atoms with E-state index in [-0.39, 0.29) is 15.6 Å². The van der Waals surface area contributed by atoms with Crippen molar-refractivity contribution in [2.45, 2.75) is 18.7 Å². The molecule has 0 radical (unpaired) electrons. The summed E-state index contributed by atoms with van der Waals surface area (Å²) in [5, 5.41) is 2.34. The highest BCUT2D eigenvalue weighted by atomic mass is 35.5. The maximum Gasteiger partial charge on any atom is 0.321 e. The van der Waals surface area contributed by atoms with Crippen molar-refractivity contribution in [3.63, 3.8) is 0 Å². The number of esters is 1. The van der Waals surface area contributed by atoms with E-state index in [0.717, 1.165) is 23.3 Å². The summed E-state index contributed by atoms with van der Waals surface area (Å²) in [6, 6.07) is 7.96. The number of carbonyl (C=O) groups excluding carboxylic acids is 2. The van der Waals surface area contributed by atoms with Crippen LogP contribution in [0.4, 0.5) is 10.1 Å². The topological polar surface area (TPSA) is 102 Å². The summed E-state index contributed by atoms with van der Waals surface area (Å²) in [5.74, 6) is -2.21. The van der Waals surface area contributed by atoms with Crippen molar-refractivity contribution in [1.82, 2.24) is 4.72 Å². The van der Waals surface area contributed by atoms with Crippen molar-refractivity contribution in [3.8, 4) is 0 Å². The van der Waals surface area contributed by atoms with E-state index in [1.54, 1.807) is 13.0 Å². The van der Waals surface area contributed by atoms with E-state index in [4.69, 9.17) is 16.3 Å². The Morgan fingerprint density at radius 3 is 2.46 bits per heavy atom. The van der Waals surface area contributed by atoms with Gasteiger partial charge < -0.3 is 10.1 Å². The quantitative estimate of drug-likeness (QED) is 0.660. The van der Waals surface area contributed by atoms with Gasteiger partial charge >= 0.3 is 5.97 Å². The van der Waals surface area contributed by atoms with Crippen molar-refractivity contribution in [3.05, 3.63) is 58.4 Å². The average molecular weight is 429 g/mol. The molecule has 2 rings (SSSR count). The molecule has 0 fully saturated rings. The first-order valence-electron chi connectivity index (χ1n) is 8.06. The van der Waals surface area contributed by atoms with Crippen molar-refractivity contribution in [2.75, 3.05) is 18.5 Å². The summed E-state index contributed by atoms with van der Waals surface area (Å²) in [6.45, 7) is 2.33. The van der Waals surface area contributed by atoms with Gasteiger partial charge in [0.1, 0.15) is 12.4 Å². The molecule has 0 unspecified atom stereocenters. The van der Waals surface area contributed by atoms with Crippen LogP contribution in [-0.2, 0) is 24.3 Å². The number of hydrogen-bond donors (Lipinski definition) is 2. The summed E-state index contributed by atoms with van der Waals surface area (Å²) < 4.78 is 44.2. The largest absolute Gasteiger partial charge is 0.455 e. The second kappa shape index (κ2) is 9.13.